The van der Waals surface area contributed by atoms with Gasteiger partial charge in [-0.05, 0) is 13.0 Å². The summed E-state index contributed by atoms with van der Waals surface area (Å²) < 4.78 is 0. The molecule has 0 bridgehead atoms. The van der Waals surface area contributed by atoms with Crippen LogP contribution in [0.4, 0.5) is 0 Å². The first-order chi connectivity index (χ1) is 7.31. The minimum absolute atomic E-state index is 0.243. The first kappa shape index (κ1) is 17.1. The lowest BCUT2D eigenvalue weighted by Crippen LogP contribution is -2.32. The SMILES string of the molecule is C[C@@](O)(/C=C/Cl)[C@@H](Cl)/C=C/C(Cl)(CCl)CBr. The standard InChI is InChI=1S/C10H13BrCl4O/c1-9(16,4-5-12)8(14)2-3-10(15,6-11)7-13/h2-5,8,16H,6-7H2,1H3/b3-2+,5-4+/t8-,9+,10?/m0/s1. The van der Waals surface area contributed by atoms with Crippen LogP contribution in [0.3, 0.4) is 0 Å². The van der Waals surface area contributed by atoms with E-state index in [1.807, 2.05) is 0 Å². The highest BCUT2D eigenvalue weighted by Gasteiger charge is 2.27. The van der Waals surface area contributed by atoms with E-state index in [-0.39, 0.29) is 5.88 Å². The molecule has 1 unspecified atom stereocenters. The van der Waals surface area contributed by atoms with Crippen molar-refractivity contribution in [2.75, 3.05) is 11.2 Å². The van der Waals surface area contributed by atoms with Crippen molar-refractivity contribution in [1.29, 1.82) is 0 Å². The van der Waals surface area contributed by atoms with Gasteiger partial charge in [0.25, 0.3) is 0 Å². The van der Waals surface area contributed by atoms with Gasteiger partial charge < -0.3 is 5.11 Å². The van der Waals surface area contributed by atoms with Crippen molar-refractivity contribution in [1.82, 2.24) is 0 Å². The molecule has 0 aromatic rings. The maximum atomic E-state index is 9.88. The Morgan fingerprint density at radius 1 is 1.44 bits per heavy atom. The second kappa shape index (κ2) is 7.50. The van der Waals surface area contributed by atoms with Gasteiger partial charge in [-0.15, -0.1) is 34.8 Å². The molecule has 94 valence electrons. The van der Waals surface area contributed by atoms with Crippen LogP contribution in [0.15, 0.2) is 23.8 Å². The van der Waals surface area contributed by atoms with Crippen molar-refractivity contribution in [3.8, 4) is 0 Å². The normalized spacial score (nSPS) is 22.2. The van der Waals surface area contributed by atoms with Crippen molar-refractivity contribution in [2.45, 2.75) is 22.8 Å². The highest BCUT2D eigenvalue weighted by atomic mass is 79.9. The van der Waals surface area contributed by atoms with E-state index >= 15 is 0 Å². The molecule has 6 heteroatoms. The fourth-order valence-corrected chi connectivity index (χ4v) is 2.07. The topological polar surface area (TPSA) is 20.2 Å². The summed E-state index contributed by atoms with van der Waals surface area (Å²) in [5.74, 6) is 0.243. The number of rotatable bonds is 6. The van der Waals surface area contributed by atoms with Crippen molar-refractivity contribution in [3.63, 3.8) is 0 Å². The van der Waals surface area contributed by atoms with Gasteiger partial charge >= 0.3 is 0 Å². The largest absolute Gasteiger partial charge is 0.384 e. The molecule has 1 nitrogen and oxygen atoms in total. The number of hydrogen-bond acceptors (Lipinski definition) is 1. The average molecular weight is 371 g/mol. The molecule has 1 N–H and O–H groups in total. The molecule has 0 radical (unpaired) electrons. The van der Waals surface area contributed by atoms with Gasteiger partial charge in [-0.1, -0.05) is 39.7 Å². The van der Waals surface area contributed by atoms with Crippen LogP contribution in [0.2, 0.25) is 0 Å². The van der Waals surface area contributed by atoms with E-state index in [9.17, 15) is 5.11 Å². The Balaban J connectivity index is 4.66. The molecule has 0 aromatic carbocycles. The Morgan fingerprint density at radius 3 is 2.38 bits per heavy atom. The molecule has 0 aliphatic carbocycles. The Hall–Kier alpha value is 1.08. The zero-order valence-corrected chi connectivity index (χ0v) is 13.2. The van der Waals surface area contributed by atoms with Gasteiger partial charge in [0.05, 0.1) is 10.3 Å². The van der Waals surface area contributed by atoms with Crippen LogP contribution in [0.1, 0.15) is 6.92 Å². The van der Waals surface area contributed by atoms with Crippen LogP contribution in [0, 0.1) is 0 Å². The third-order valence-corrected chi connectivity index (χ3v) is 5.01. The van der Waals surface area contributed by atoms with Crippen molar-refractivity contribution < 1.29 is 5.11 Å². The highest BCUT2D eigenvalue weighted by molar-refractivity contribution is 9.09. The van der Waals surface area contributed by atoms with Crippen LogP contribution in [-0.4, -0.2) is 32.2 Å². The maximum Gasteiger partial charge on any atom is 0.101 e. The lowest BCUT2D eigenvalue weighted by molar-refractivity contribution is 0.119. The lowest BCUT2D eigenvalue weighted by atomic mass is 10.0. The quantitative estimate of drug-likeness (QED) is 0.547. The molecule has 0 spiro atoms. The Labute approximate surface area is 125 Å². The Bertz CT molecular complexity index is 262. The molecule has 0 aliphatic rings. The first-order valence-electron chi connectivity index (χ1n) is 4.46. The minimum atomic E-state index is -1.23. The van der Waals surface area contributed by atoms with E-state index in [1.165, 1.54) is 11.6 Å². The van der Waals surface area contributed by atoms with Gasteiger partial charge in [0.2, 0.25) is 0 Å². The molecule has 0 fully saturated rings. The van der Waals surface area contributed by atoms with Gasteiger partial charge in [-0.2, -0.15) is 0 Å². The fraction of sp³-hybridized carbons (Fsp3) is 0.600. The molecule has 0 aliphatic heterocycles. The van der Waals surface area contributed by atoms with Crippen LogP contribution in [-0.2, 0) is 0 Å². The Kier molecular flexibility index (Phi) is 8.01. The van der Waals surface area contributed by atoms with E-state index in [0.29, 0.717) is 5.33 Å². The summed E-state index contributed by atoms with van der Waals surface area (Å²) in [7, 11) is 0. The third-order valence-electron chi connectivity index (χ3n) is 1.97. The zero-order chi connectivity index (χ0) is 12.8. The minimum Gasteiger partial charge on any atom is -0.384 e. The van der Waals surface area contributed by atoms with Gasteiger partial charge in [0, 0.05) is 16.7 Å². The van der Waals surface area contributed by atoms with E-state index in [1.54, 1.807) is 19.1 Å². The predicted octanol–water partition coefficient (Wildman–Crippen LogP) is 4.26. The second-order valence-electron chi connectivity index (χ2n) is 3.58. The smallest absolute Gasteiger partial charge is 0.101 e. The van der Waals surface area contributed by atoms with Gasteiger partial charge in [0.15, 0.2) is 0 Å². The summed E-state index contributed by atoms with van der Waals surface area (Å²) in [5.41, 5.74) is -0.000562. The lowest BCUT2D eigenvalue weighted by Gasteiger charge is -2.24. The summed E-state index contributed by atoms with van der Waals surface area (Å²) >= 11 is 26.5. The Morgan fingerprint density at radius 2 is 2.00 bits per heavy atom. The van der Waals surface area contributed by atoms with E-state index in [2.05, 4.69) is 15.9 Å². The van der Waals surface area contributed by atoms with Crippen molar-refractivity contribution in [2.24, 2.45) is 0 Å². The first-order valence-corrected chi connectivity index (χ1v) is 7.36. The molecule has 0 rings (SSSR count). The third kappa shape index (κ3) is 5.61. The van der Waals surface area contributed by atoms with Crippen LogP contribution >= 0.6 is 62.3 Å². The van der Waals surface area contributed by atoms with Crippen molar-refractivity contribution in [3.05, 3.63) is 23.8 Å². The predicted molar refractivity (Wildman–Crippen MR) is 77.5 cm³/mol. The molecule has 0 saturated heterocycles. The summed E-state index contributed by atoms with van der Waals surface area (Å²) in [6, 6.07) is 0. The number of hydrogen-bond donors (Lipinski definition) is 1. The monoisotopic (exact) mass is 368 g/mol. The van der Waals surface area contributed by atoms with E-state index in [0.717, 1.165) is 0 Å². The number of aliphatic hydroxyl groups is 1. The molecule has 0 amide bonds. The average Bonchev–Trinajstić information content (AvgIpc) is 2.25. The zero-order valence-electron chi connectivity index (χ0n) is 8.64. The number of alkyl halides is 4. The molecule has 0 aromatic heterocycles. The van der Waals surface area contributed by atoms with Gasteiger partial charge in [-0.3, -0.25) is 0 Å². The van der Waals surface area contributed by atoms with E-state index in [4.69, 9.17) is 46.4 Å². The highest BCUT2D eigenvalue weighted by Crippen LogP contribution is 2.25. The molecule has 0 saturated carbocycles. The molecule has 0 heterocycles. The van der Waals surface area contributed by atoms with Crippen LogP contribution in [0.25, 0.3) is 0 Å². The molecular formula is C10H13BrCl4O. The maximum absolute atomic E-state index is 9.88. The van der Waals surface area contributed by atoms with Gasteiger partial charge in [-0.25, -0.2) is 0 Å². The van der Waals surface area contributed by atoms with Crippen molar-refractivity contribution >= 4 is 62.3 Å². The second-order valence-corrected chi connectivity index (χ2v) is 5.88. The number of halogens is 5. The van der Waals surface area contributed by atoms with E-state index < -0.39 is 15.9 Å². The molecule has 3 atom stereocenters. The summed E-state index contributed by atoms with van der Waals surface area (Å²) in [4.78, 5) is -0.699. The fourth-order valence-electron chi connectivity index (χ4n) is 0.796. The summed E-state index contributed by atoms with van der Waals surface area (Å²) in [5, 5.41) is 9.75. The molecule has 16 heavy (non-hydrogen) atoms. The number of allylic oxidation sites excluding steroid dienone is 1. The van der Waals surface area contributed by atoms with Crippen LogP contribution < -0.4 is 0 Å². The van der Waals surface area contributed by atoms with Gasteiger partial charge in [0.1, 0.15) is 5.60 Å². The molecular weight excluding hydrogens is 358 g/mol. The summed E-state index contributed by atoms with van der Waals surface area (Å²) in [6.45, 7) is 1.55. The van der Waals surface area contributed by atoms with Crippen LogP contribution in [0.5, 0.6) is 0 Å². The summed E-state index contributed by atoms with van der Waals surface area (Å²) in [6.07, 6.45) is 4.68.